The topological polar surface area (TPSA) is 60.9 Å². The summed E-state index contributed by atoms with van der Waals surface area (Å²) in [5, 5.41) is 9.33. The lowest BCUT2D eigenvalue weighted by atomic mass is 10.1. The van der Waals surface area contributed by atoms with Gasteiger partial charge in [-0.3, -0.25) is 14.5 Å². The van der Waals surface area contributed by atoms with Crippen LogP contribution in [-0.2, 0) is 9.59 Å². The maximum Gasteiger partial charge on any atom is 0.266 e. The number of carbonyl (C=O) groups excluding carboxylic acids is 2. The van der Waals surface area contributed by atoms with Crippen LogP contribution in [0.4, 0.5) is 5.69 Å². The average molecular weight is 413 g/mol. The Kier molecular flexibility index (Phi) is 6.61. The molecule has 144 valence electrons. The molecule has 2 aromatic rings. The molecule has 0 unspecified atom stereocenters. The van der Waals surface area contributed by atoms with Crippen LogP contribution in [0.3, 0.4) is 0 Å². The number of nitrogens with zero attached hydrogens (tertiary/aromatic N) is 2. The number of rotatable bonds is 6. The number of para-hydroxylation sites is 1. The van der Waals surface area contributed by atoms with Crippen molar-refractivity contribution in [3.63, 3.8) is 0 Å². The summed E-state index contributed by atoms with van der Waals surface area (Å²) in [4.78, 5) is 28.9. The van der Waals surface area contributed by atoms with E-state index in [9.17, 15) is 14.7 Å². The van der Waals surface area contributed by atoms with Crippen LogP contribution in [0, 0.1) is 6.92 Å². The predicted molar refractivity (Wildman–Crippen MR) is 117 cm³/mol. The molecule has 1 fully saturated rings. The number of aryl methyl sites for hydroxylation is 1. The van der Waals surface area contributed by atoms with Crippen molar-refractivity contribution in [1.82, 2.24) is 4.90 Å². The Hall–Kier alpha value is -2.48. The van der Waals surface area contributed by atoms with Crippen molar-refractivity contribution in [2.75, 3.05) is 24.6 Å². The molecule has 28 heavy (non-hydrogen) atoms. The van der Waals surface area contributed by atoms with E-state index in [0.29, 0.717) is 14.9 Å². The molecule has 1 heterocycles. The first kappa shape index (κ1) is 20.3. The van der Waals surface area contributed by atoms with Crippen molar-refractivity contribution in [3.05, 3.63) is 70.6 Å². The van der Waals surface area contributed by atoms with E-state index in [1.54, 1.807) is 12.1 Å². The van der Waals surface area contributed by atoms with Gasteiger partial charge in [0.2, 0.25) is 5.91 Å². The van der Waals surface area contributed by atoms with Gasteiger partial charge in [0.15, 0.2) is 0 Å². The molecule has 0 radical (unpaired) electrons. The number of aliphatic hydroxyl groups is 1. The minimum absolute atomic E-state index is 0.149. The minimum Gasteiger partial charge on any atom is -0.395 e. The highest BCUT2D eigenvalue weighted by atomic mass is 32.2. The van der Waals surface area contributed by atoms with Gasteiger partial charge in [0.25, 0.3) is 5.91 Å². The molecule has 1 aliphatic heterocycles. The number of thiocarbonyl (C=S) groups is 1. The molecule has 5 nitrogen and oxygen atoms in total. The lowest BCUT2D eigenvalue weighted by Crippen LogP contribution is -2.43. The van der Waals surface area contributed by atoms with E-state index in [0.717, 1.165) is 11.1 Å². The molecule has 1 saturated heterocycles. The van der Waals surface area contributed by atoms with Gasteiger partial charge in [-0.2, -0.15) is 0 Å². The van der Waals surface area contributed by atoms with Gasteiger partial charge in [-0.1, -0.05) is 66.4 Å². The first-order chi connectivity index (χ1) is 13.5. The Labute approximate surface area is 173 Å². The molecule has 0 aromatic heterocycles. The van der Waals surface area contributed by atoms with Crippen LogP contribution in [0.2, 0.25) is 0 Å². The maximum atomic E-state index is 12.8. The van der Waals surface area contributed by atoms with E-state index in [2.05, 4.69) is 0 Å². The Morgan fingerprint density at radius 1 is 1.18 bits per heavy atom. The lowest BCUT2D eigenvalue weighted by molar-refractivity contribution is -0.127. The molecular formula is C21H20N2O3S2. The molecule has 0 aliphatic carbocycles. The van der Waals surface area contributed by atoms with Crippen molar-refractivity contribution in [3.8, 4) is 0 Å². The van der Waals surface area contributed by atoms with Crippen LogP contribution in [0.25, 0.3) is 6.08 Å². The number of aliphatic hydroxyl groups excluding tert-OH is 1. The molecule has 2 aromatic carbocycles. The first-order valence-electron chi connectivity index (χ1n) is 8.78. The fourth-order valence-corrected chi connectivity index (χ4v) is 4.10. The van der Waals surface area contributed by atoms with Gasteiger partial charge in [0, 0.05) is 12.2 Å². The summed E-state index contributed by atoms with van der Waals surface area (Å²) >= 11 is 6.53. The van der Waals surface area contributed by atoms with E-state index < -0.39 is 0 Å². The highest BCUT2D eigenvalue weighted by Crippen LogP contribution is 2.33. The fourth-order valence-electron chi connectivity index (χ4n) is 2.85. The summed E-state index contributed by atoms with van der Waals surface area (Å²) < 4.78 is 0.357. The largest absolute Gasteiger partial charge is 0.395 e. The number of benzene rings is 2. The molecular weight excluding hydrogens is 392 g/mol. The third-order valence-corrected chi connectivity index (χ3v) is 5.71. The van der Waals surface area contributed by atoms with Gasteiger partial charge in [0.05, 0.1) is 11.5 Å². The average Bonchev–Trinajstić information content (AvgIpc) is 2.96. The summed E-state index contributed by atoms with van der Waals surface area (Å²) in [5.74, 6) is -0.572. The minimum atomic E-state index is -0.298. The van der Waals surface area contributed by atoms with Crippen LogP contribution in [-0.4, -0.2) is 45.8 Å². The number of hydrogen-bond donors (Lipinski definition) is 1. The summed E-state index contributed by atoms with van der Waals surface area (Å²) in [6.45, 7) is 1.79. The molecule has 0 atom stereocenters. The normalized spacial score (nSPS) is 15.4. The number of carbonyl (C=O) groups is 2. The second kappa shape index (κ2) is 9.14. The molecule has 0 bridgehead atoms. The predicted octanol–water partition coefficient (Wildman–Crippen LogP) is 3.22. The highest BCUT2D eigenvalue weighted by molar-refractivity contribution is 8.26. The Bertz CT molecular complexity index is 928. The zero-order chi connectivity index (χ0) is 20.1. The first-order valence-corrected chi connectivity index (χ1v) is 10.0. The van der Waals surface area contributed by atoms with Gasteiger partial charge in [0.1, 0.15) is 10.9 Å². The van der Waals surface area contributed by atoms with Crippen molar-refractivity contribution in [1.29, 1.82) is 0 Å². The number of thioether (sulfide) groups is 1. The third kappa shape index (κ3) is 4.49. The summed E-state index contributed by atoms with van der Waals surface area (Å²) in [6.07, 6.45) is 1.81. The van der Waals surface area contributed by atoms with Crippen LogP contribution in [0.5, 0.6) is 0 Å². The molecule has 1 aliphatic rings. The van der Waals surface area contributed by atoms with Crippen LogP contribution in [0.1, 0.15) is 11.1 Å². The van der Waals surface area contributed by atoms with E-state index >= 15 is 0 Å². The van der Waals surface area contributed by atoms with Gasteiger partial charge in [-0.15, -0.1) is 0 Å². The van der Waals surface area contributed by atoms with Crippen LogP contribution in [0.15, 0.2) is 59.5 Å². The van der Waals surface area contributed by atoms with Crippen molar-refractivity contribution >= 4 is 51.9 Å². The van der Waals surface area contributed by atoms with Gasteiger partial charge in [-0.05, 0) is 36.3 Å². The fraction of sp³-hybridized carbons (Fsp3) is 0.190. The quantitative estimate of drug-likeness (QED) is 0.583. The van der Waals surface area contributed by atoms with Gasteiger partial charge in [-0.25, -0.2) is 0 Å². The van der Waals surface area contributed by atoms with E-state index in [1.165, 1.54) is 21.6 Å². The van der Waals surface area contributed by atoms with Gasteiger partial charge < -0.3 is 10.0 Å². The Morgan fingerprint density at radius 2 is 1.86 bits per heavy atom. The molecule has 0 spiro atoms. The Morgan fingerprint density at radius 3 is 2.54 bits per heavy atom. The molecule has 2 amide bonds. The number of hydrogen-bond acceptors (Lipinski definition) is 5. The van der Waals surface area contributed by atoms with Crippen molar-refractivity contribution in [2.24, 2.45) is 0 Å². The monoisotopic (exact) mass is 412 g/mol. The zero-order valence-corrected chi connectivity index (χ0v) is 17.0. The summed E-state index contributed by atoms with van der Waals surface area (Å²) in [7, 11) is 0. The van der Waals surface area contributed by atoms with E-state index in [4.69, 9.17) is 12.2 Å². The summed E-state index contributed by atoms with van der Waals surface area (Å²) in [6, 6.07) is 16.8. The number of amides is 2. The van der Waals surface area contributed by atoms with Crippen molar-refractivity contribution in [2.45, 2.75) is 6.92 Å². The highest BCUT2D eigenvalue weighted by Gasteiger charge is 2.34. The zero-order valence-electron chi connectivity index (χ0n) is 15.4. The smallest absolute Gasteiger partial charge is 0.266 e. The third-order valence-electron chi connectivity index (χ3n) is 4.33. The lowest BCUT2D eigenvalue weighted by Gasteiger charge is -2.24. The second-order valence-corrected chi connectivity index (χ2v) is 7.90. The van der Waals surface area contributed by atoms with Crippen molar-refractivity contribution < 1.29 is 14.7 Å². The number of anilines is 1. The maximum absolute atomic E-state index is 12.8. The van der Waals surface area contributed by atoms with E-state index in [-0.39, 0.29) is 31.5 Å². The summed E-state index contributed by atoms with van der Waals surface area (Å²) in [5.41, 5.74) is 2.67. The Balaban J connectivity index is 1.78. The molecule has 3 rings (SSSR count). The molecule has 7 heteroatoms. The molecule has 0 saturated carbocycles. The standard InChI is InChI=1S/C21H20N2O3S2/c1-15-7-5-6-8-16(15)13-18-20(26)23(21(27)28-18)14-19(25)22(11-12-24)17-9-3-2-4-10-17/h2-10,13,24H,11-12,14H2,1H3/b18-13-. The van der Waals surface area contributed by atoms with Crippen LogP contribution >= 0.6 is 24.0 Å². The van der Waals surface area contributed by atoms with E-state index in [1.807, 2.05) is 55.5 Å². The SMILES string of the molecule is Cc1ccccc1/C=C1\SC(=S)N(CC(=O)N(CCO)c2ccccc2)C1=O. The second-order valence-electron chi connectivity index (χ2n) is 6.23. The van der Waals surface area contributed by atoms with Crippen LogP contribution < -0.4 is 4.90 Å². The van der Waals surface area contributed by atoms with Gasteiger partial charge >= 0.3 is 0 Å². The molecule has 1 N–H and O–H groups in total.